The molecule has 4 nitrogen and oxygen atoms in total. The molecule has 0 aromatic heterocycles. The zero-order valence-corrected chi connectivity index (χ0v) is 11.4. The number of rotatable bonds is 9. The van der Waals surface area contributed by atoms with Crippen LogP contribution in [0.4, 0.5) is 4.39 Å². The normalized spacial score (nSPS) is 14.3. The van der Waals surface area contributed by atoms with Crippen LogP contribution in [0.15, 0.2) is 24.3 Å². The Labute approximate surface area is 113 Å². The van der Waals surface area contributed by atoms with Gasteiger partial charge in [0.2, 0.25) is 0 Å². The van der Waals surface area contributed by atoms with E-state index < -0.39 is 6.10 Å². The van der Waals surface area contributed by atoms with Crippen molar-refractivity contribution in [1.29, 1.82) is 0 Å². The largest absolute Gasteiger partial charge is 0.389 e. The second-order valence-electron chi connectivity index (χ2n) is 4.51. The Kier molecular flexibility index (Phi) is 7.59. The van der Waals surface area contributed by atoms with Crippen LogP contribution in [-0.2, 0) is 16.0 Å². The van der Waals surface area contributed by atoms with Crippen LogP contribution >= 0.6 is 0 Å². The van der Waals surface area contributed by atoms with Crippen LogP contribution in [0.3, 0.4) is 0 Å². The summed E-state index contributed by atoms with van der Waals surface area (Å²) >= 11 is 0. The molecule has 2 unspecified atom stereocenters. The summed E-state index contributed by atoms with van der Waals surface area (Å²) in [5.41, 5.74) is 0.848. The molecule has 1 aromatic carbocycles. The molecule has 0 bridgehead atoms. The molecular formula is C14H22FNO3. The van der Waals surface area contributed by atoms with Gasteiger partial charge in [0.25, 0.3) is 0 Å². The van der Waals surface area contributed by atoms with Crippen molar-refractivity contribution in [1.82, 2.24) is 5.32 Å². The minimum Gasteiger partial charge on any atom is -0.389 e. The van der Waals surface area contributed by atoms with Crippen molar-refractivity contribution in [2.24, 2.45) is 0 Å². The van der Waals surface area contributed by atoms with Gasteiger partial charge in [-0.05, 0) is 24.6 Å². The van der Waals surface area contributed by atoms with E-state index in [0.717, 1.165) is 5.56 Å². The lowest BCUT2D eigenvalue weighted by Gasteiger charge is -2.16. The predicted octanol–water partition coefficient (Wildman–Crippen LogP) is 1.33. The molecule has 5 heteroatoms. The number of aliphatic hydroxyl groups is 1. The average molecular weight is 271 g/mol. The summed E-state index contributed by atoms with van der Waals surface area (Å²) in [5, 5.41) is 12.8. The molecule has 108 valence electrons. The lowest BCUT2D eigenvalue weighted by atomic mass is 10.2. The summed E-state index contributed by atoms with van der Waals surface area (Å²) in [7, 11) is 1.61. The highest BCUT2D eigenvalue weighted by atomic mass is 19.1. The minimum absolute atomic E-state index is 0.0390. The Morgan fingerprint density at radius 3 is 2.84 bits per heavy atom. The number of ether oxygens (including phenoxy) is 2. The fourth-order valence-corrected chi connectivity index (χ4v) is 1.65. The van der Waals surface area contributed by atoms with Gasteiger partial charge in [-0.15, -0.1) is 0 Å². The number of halogens is 1. The van der Waals surface area contributed by atoms with E-state index in [-0.39, 0.29) is 18.5 Å². The van der Waals surface area contributed by atoms with Crippen molar-refractivity contribution in [2.75, 3.05) is 26.9 Å². The molecule has 0 aliphatic carbocycles. The summed E-state index contributed by atoms with van der Waals surface area (Å²) in [4.78, 5) is 0. The SMILES string of the molecule is COCC(C)OCC(O)CNCc1cccc(F)c1. The first-order valence-corrected chi connectivity index (χ1v) is 6.35. The van der Waals surface area contributed by atoms with E-state index >= 15 is 0 Å². The fourth-order valence-electron chi connectivity index (χ4n) is 1.65. The van der Waals surface area contributed by atoms with Gasteiger partial charge >= 0.3 is 0 Å². The molecule has 1 aromatic rings. The van der Waals surface area contributed by atoms with Crippen molar-refractivity contribution >= 4 is 0 Å². The summed E-state index contributed by atoms with van der Waals surface area (Å²) in [6, 6.07) is 6.37. The van der Waals surface area contributed by atoms with Gasteiger partial charge < -0.3 is 19.9 Å². The first-order valence-electron chi connectivity index (χ1n) is 6.35. The Balaban J connectivity index is 2.15. The smallest absolute Gasteiger partial charge is 0.123 e. The maximum atomic E-state index is 12.9. The predicted molar refractivity (Wildman–Crippen MR) is 71.4 cm³/mol. The van der Waals surface area contributed by atoms with Crippen LogP contribution in [0, 0.1) is 5.82 Å². The fraction of sp³-hybridized carbons (Fsp3) is 0.571. The number of nitrogens with one attached hydrogen (secondary N) is 1. The topological polar surface area (TPSA) is 50.7 Å². The van der Waals surface area contributed by atoms with Gasteiger partial charge in [-0.2, -0.15) is 0 Å². The summed E-state index contributed by atoms with van der Waals surface area (Å²) < 4.78 is 23.2. The van der Waals surface area contributed by atoms with Crippen molar-refractivity contribution < 1.29 is 19.0 Å². The molecule has 0 fully saturated rings. The third-order valence-electron chi connectivity index (χ3n) is 2.57. The highest BCUT2D eigenvalue weighted by Crippen LogP contribution is 2.02. The Morgan fingerprint density at radius 1 is 1.37 bits per heavy atom. The summed E-state index contributed by atoms with van der Waals surface area (Å²) in [6.45, 7) is 3.55. The maximum Gasteiger partial charge on any atom is 0.123 e. The molecule has 0 heterocycles. The van der Waals surface area contributed by atoms with Gasteiger partial charge in [0.05, 0.1) is 25.4 Å². The molecule has 2 atom stereocenters. The number of hydrogen-bond donors (Lipinski definition) is 2. The first-order chi connectivity index (χ1) is 9.11. The second-order valence-corrected chi connectivity index (χ2v) is 4.51. The third kappa shape index (κ3) is 7.22. The molecule has 1 rings (SSSR count). The Morgan fingerprint density at radius 2 is 2.16 bits per heavy atom. The Bertz CT molecular complexity index is 362. The lowest BCUT2D eigenvalue weighted by Crippen LogP contribution is -2.32. The average Bonchev–Trinajstić information content (AvgIpc) is 2.37. The number of hydrogen-bond acceptors (Lipinski definition) is 4. The maximum absolute atomic E-state index is 12.9. The Hall–Kier alpha value is -1.01. The molecule has 0 aliphatic rings. The second kappa shape index (κ2) is 8.98. The van der Waals surface area contributed by atoms with Gasteiger partial charge in [-0.25, -0.2) is 4.39 Å². The molecule has 0 radical (unpaired) electrons. The quantitative estimate of drug-likeness (QED) is 0.711. The van der Waals surface area contributed by atoms with E-state index in [1.54, 1.807) is 13.2 Å². The highest BCUT2D eigenvalue weighted by molar-refractivity contribution is 5.15. The van der Waals surface area contributed by atoms with E-state index in [9.17, 15) is 9.50 Å². The molecule has 0 saturated carbocycles. The van der Waals surface area contributed by atoms with Crippen molar-refractivity contribution in [3.8, 4) is 0 Å². The van der Waals surface area contributed by atoms with Crippen LogP contribution in [0.25, 0.3) is 0 Å². The molecule has 0 aliphatic heterocycles. The van der Waals surface area contributed by atoms with Crippen molar-refractivity contribution in [3.05, 3.63) is 35.6 Å². The zero-order valence-electron chi connectivity index (χ0n) is 11.4. The standard InChI is InChI=1S/C14H22FNO3/c1-11(9-18-2)19-10-14(17)8-16-7-12-4-3-5-13(15)6-12/h3-6,11,14,16-17H,7-10H2,1-2H3. The van der Waals surface area contributed by atoms with Gasteiger partial charge in [0.15, 0.2) is 0 Å². The van der Waals surface area contributed by atoms with Gasteiger partial charge in [-0.3, -0.25) is 0 Å². The van der Waals surface area contributed by atoms with Gasteiger partial charge in [0, 0.05) is 20.2 Å². The van der Waals surface area contributed by atoms with Crippen molar-refractivity contribution in [2.45, 2.75) is 25.7 Å². The molecule has 19 heavy (non-hydrogen) atoms. The molecule has 0 saturated heterocycles. The molecule has 0 amide bonds. The third-order valence-corrected chi connectivity index (χ3v) is 2.57. The summed E-state index contributed by atoms with van der Waals surface area (Å²) in [6.07, 6.45) is -0.629. The number of benzene rings is 1. The highest BCUT2D eigenvalue weighted by Gasteiger charge is 2.07. The van der Waals surface area contributed by atoms with E-state index in [1.807, 2.05) is 13.0 Å². The van der Waals surface area contributed by atoms with Crippen LogP contribution in [0.5, 0.6) is 0 Å². The van der Waals surface area contributed by atoms with E-state index in [4.69, 9.17) is 9.47 Å². The summed E-state index contributed by atoms with van der Waals surface area (Å²) in [5.74, 6) is -0.253. The van der Waals surface area contributed by atoms with Gasteiger partial charge in [-0.1, -0.05) is 12.1 Å². The van der Waals surface area contributed by atoms with E-state index in [2.05, 4.69) is 5.32 Å². The minimum atomic E-state index is -0.590. The first kappa shape index (κ1) is 16.0. The molecule has 2 N–H and O–H groups in total. The van der Waals surface area contributed by atoms with E-state index in [1.165, 1.54) is 12.1 Å². The zero-order chi connectivity index (χ0) is 14.1. The van der Waals surface area contributed by atoms with Crippen molar-refractivity contribution in [3.63, 3.8) is 0 Å². The van der Waals surface area contributed by atoms with Gasteiger partial charge in [0.1, 0.15) is 5.82 Å². The number of methoxy groups -OCH3 is 1. The molecule has 0 spiro atoms. The van der Waals surface area contributed by atoms with Crippen LogP contribution in [0.2, 0.25) is 0 Å². The number of aliphatic hydroxyl groups excluding tert-OH is 1. The van der Waals surface area contributed by atoms with Crippen LogP contribution in [-0.4, -0.2) is 44.2 Å². The van der Waals surface area contributed by atoms with Crippen LogP contribution in [0.1, 0.15) is 12.5 Å². The molecular weight excluding hydrogens is 249 g/mol. The van der Waals surface area contributed by atoms with Crippen LogP contribution < -0.4 is 5.32 Å². The lowest BCUT2D eigenvalue weighted by molar-refractivity contribution is -0.0311. The van der Waals surface area contributed by atoms with E-state index in [0.29, 0.717) is 19.7 Å². The monoisotopic (exact) mass is 271 g/mol.